The lowest BCUT2D eigenvalue weighted by Crippen LogP contribution is -2.47. The zero-order chi connectivity index (χ0) is 16.7. The van der Waals surface area contributed by atoms with E-state index < -0.39 is 5.82 Å². The summed E-state index contributed by atoms with van der Waals surface area (Å²) in [5.74, 6) is 0.223. The number of anilines is 1. The number of hydrogen-bond acceptors (Lipinski definition) is 4. The minimum atomic E-state index is -0.406. The Morgan fingerprint density at radius 1 is 1.09 bits per heavy atom. The quantitative estimate of drug-likeness (QED) is 0.385. The molecule has 2 aromatic rings. The number of furan rings is 1. The van der Waals surface area contributed by atoms with Crippen molar-refractivity contribution in [2.24, 2.45) is 5.10 Å². The Morgan fingerprint density at radius 3 is 2.52 bits per heavy atom. The Kier molecular flexibility index (Phi) is 6.01. The van der Waals surface area contributed by atoms with Crippen molar-refractivity contribution < 1.29 is 8.81 Å². The first kappa shape index (κ1) is 16.8. The molecule has 0 spiro atoms. The molecule has 0 saturated carbocycles. The molecule has 0 fully saturated rings. The number of benzene rings is 1. The molecule has 0 amide bonds. The number of nitrogens with one attached hydrogen (secondary N) is 4. The lowest BCUT2D eigenvalue weighted by atomic mass is 10.3. The molecule has 120 valence electrons. The van der Waals surface area contributed by atoms with Gasteiger partial charge in [0.05, 0.1) is 12.0 Å². The summed E-state index contributed by atoms with van der Waals surface area (Å²) in [6.07, 6.45) is 1.55. The van der Waals surface area contributed by atoms with E-state index in [1.807, 2.05) is 0 Å². The zero-order valence-electron chi connectivity index (χ0n) is 12.1. The van der Waals surface area contributed by atoms with Crippen molar-refractivity contribution in [2.45, 2.75) is 6.92 Å². The van der Waals surface area contributed by atoms with Crippen molar-refractivity contribution >= 4 is 46.1 Å². The normalized spacial score (nSPS) is 10.8. The highest BCUT2D eigenvalue weighted by molar-refractivity contribution is 7.80. The van der Waals surface area contributed by atoms with Gasteiger partial charge in [-0.15, -0.1) is 0 Å². The van der Waals surface area contributed by atoms with Crippen LogP contribution >= 0.6 is 24.4 Å². The van der Waals surface area contributed by atoms with Gasteiger partial charge in [-0.3, -0.25) is 16.3 Å². The largest absolute Gasteiger partial charge is 0.463 e. The lowest BCUT2D eigenvalue weighted by molar-refractivity contribution is 0.556. The molecule has 1 heterocycles. The number of hydrazone groups is 1. The SMILES string of the molecule is C/C(=N\NC(=S)NNC(=S)Nc1ccccc1F)c1ccco1. The molecule has 4 N–H and O–H groups in total. The number of halogens is 1. The van der Waals surface area contributed by atoms with Gasteiger partial charge in [-0.2, -0.15) is 5.10 Å². The zero-order valence-corrected chi connectivity index (χ0v) is 13.7. The summed E-state index contributed by atoms with van der Waals surface area (Å²) in [7, 11) is 0. The number of nitrogens with zero attached hydrogens (tertiary/aromatic N) is 1. The molecule has 9 heteroatoms. The molecule has 23 heavy (non-hydrogen) atoms. The van der Waals surface area contributed by atoms with Crippen molar-refractivity contribution in [2.75, 3.05) is 5.32 Å². The third-order valence-corrected chi connectivity index (χ3v) is 3.01. The standard InChI is InChI=1S/C14H14FN5OS2/c1-9(12-7-4-8-21-12)17-19-14(23)20-18-13(22)16-11-6-3-2-5-10(11)15/h2-8H,1H3,(H2,16,18,22)(H2,19,20,23)/b17-9+. The van der Waals surface area contributed by atoms with Gasteiger partial charge >= 0.3 is 0 Å². The molecule has 0 aliphatic rings. The van der Waals surface area contributed by atoms with E-state index in [2.05, 4.69) is 26.7 Å². The molecule has 0 saturated heterocycles. The van der Waals surface area contributed by atoms with Gasteiger partial charge < -0.3 is 9.73 Å². The van der Waals surface area contributed by atoms with Crippen LogP contribution in [0, 0.1) is 5.82 Å². The molecular formula is C14H14FN5OS2. The van der Waals surface area contributed by atoms with Crippen molar-refractivity contribution in [3.8, 4) is 0 Å². The maximum atomic E-state index is 13.5. The van der Waals surface area contributed by atoms with Crippen LogP contribution < -0.4 is 21.6 Å². The highest BCUT2D eigenvalue weighted by Crippen LogP contribution is 2.11. The fourth-order valence-electron chi connectivity index (χ4n) is 1.53. The Labute approximate surface area is 143 Å². The predicted octanol–water partition coefficient (Wildman–Crippen LogP) is 2.51. The summed E-state index contributed by atoms with van der Waals surface area (Å²) in [6, 6.07) is 9.73. The average Bonchev–Trinajstić information content (AvgIpc) is 3.07. The highest BCUT2D eigenvalue weighted by atomic mass is 32.1. The summed E-state index contributed by atoms with van der Waals surface area (Å²) >= 11 is 10.1. The molecule has 1 aromatic heterocycles. The van der Waals surface area contributed by atoms with Gasteiger partial charge in [0.2, 0.25) is 5.11 Å². The van der Waals surface area contributed by atoms with Crippen LogP contribution in [0.2, 0.25) is 0 Å². The molecule has 0 radical (unpaired) electrons. The van der Waals surface area contributed by atoms with Crippen LogP contribution in [0.4, 0.5) is 10.1 Å². The molecule has 6 nitrogen and oxygen atoms in total. The number of para-hydroxylation sites is 1. The minimum Gasteiger partial charge on any atom is -0.463 e. The summed E-state index contributed by atoms with van der Waals surface area (Å²) in [5, 5.41) is 7.09. The molecule has 2 rings (SSSR count). The van der Waals surface area contributed by atoms with Gasteiger partial charge in [-0.05, 0) is 55.6 Å². The van der Waals surface area contributed by atoms with Crippen molar-refractivity contribution in [3.05, 3.63) is 54.2 Å². The Bertz CT molecular complexity index is 718. The fraction of sp³-hybridized carbons (Fsp3) is 0.0714. The third kappa shape index (κ3) is 5.31. The minimum absolute atomic E-state index is 0.158. The van der Waals surface area contributed by atoms with Gasteiger partial charge in [0, 0.05) is 0 Å². The Balaban J connectivity index is 1.77. The van der Waals surface area contributed by atoms with Gasteiger partial charge in [-0.25, -0.2) is 4.39 Å². The van der Waals surface area contributed by atoms with E-state index in [4.69, 9.17) is 28.9 Å². The molecule has 0 bridgehead atoms. The van der Waals surface area contributed by atoms with Crippen LogP contribution in [0.1, 0.15) is 12.7 Å². The summed E-state index contributed by atoms with van der Waals surface area (Å²) in [4.78, 5) is 0. The maximum Gasteiger partial charge on any atom is 0.205 e. The second kappa shape index (κ2) is 8.20. The monoisotopic (exact) mass is 351 g/mol. The number of hydrogen-bond donors (Lipinski definition) is 4. The van der Waals surface area contributed by atoms with Gasteiger partial charge in [0.1, 0.15) is 17.3 Å². The molecule has 0 atom stereocenters. The first-order valence-corrected chi connectivity index (χ1v) is 7.33. The van der Waals surface area contributed by atoms with E-state index in [0.29, 0.717) is 11.5 Å². The smallest absolute Gasteiger partial charge is 0.205 e. The van der Waals surface area contributed by atoms with E-state index in [1.54, 1.807) is 43.5 Å². The van der Waals surface area contributed by atoms with Crippen molar-refractivity contribution in [1.29, 1.82) is 0 Å². The van der Waals surface area contributed by atoms with Crippen LogP contribution in [-0.2, 0) is 0 Å². The van der Waals surface area contributed by atoms with Gasteiger partial charge in [0.15, 0.2) is 5.11 Å². The van der Waals surface area contributed by atoms with Crippen molar-refractivity contribution in [1.82, 2.24) is 16.3 Å². The first-order chi connectivity index (χ1) is 11.1. The summed E-state index contributed by atoms with van der Waals surface area (Å²) in [6.45, 7) is 1.77. The Morgan fingerprint density at radius 2 is 1.83 bits per heavy atom. The second-order valence-electron chi connectivity index (χ2n) is 4.30. The first-order valence-electron chi connectivity index (χ1n) is 6.52. The maximum absolute atomic E-state index is 13.5. The number of rotatable bonds is 3. The summed E-state index contributed by atoms with van der Waals surface area (Å²) in [5.41, 5.74) is 8.77. The van der Waals surface area contributed by atoms with Crippen LogP contribution in [-0.4, -0.2) is 15.9 Å². The number of hydrazine groups is 1. The molecule has 1 aromatic carbocycles. The topological polar surface area (TPSA) is 73.6 Å². The Hall–Kier alpha value is -2.52. The number of thiocarbonyl (C=S) groups is 2. The van der Waals surface area contributed by atoms with Crippen LogP contribution in [0.3, 0.4) is 0 Å². The average molecular weight is 351 g/mol. The predicted molar refractivity (Wildman–Crippen MR) is 95.5 cm³/mol. The van der Waals surface area contributed by atoms with Gasteiger partial charge in [-0.1, -0.05) is 12.1 Å². The van der Waals surface area contributed by atoms with Crippen LogP contribution in [0.15, 0.2) is 52.2 Å². The molecule has 0 unspecified atom stereocenters. The molecule has 0 aliphatic heterocycles. The van der Waals surface area contributed by atoms with Gasteiger partial charge in [0.25, 0.3) is 0 Å². The molecular weight excluding hydrogens is 337 g/mol. The van der Waals surface area contributed by atoms with Crippen LogP contribution in [0.25, 0.3) is 0 Å². The summed E-state index contributed by atoms with van der Waals surface area (Å²) < 4.78 is 18.6. The van der Waals surface area contributed by atoms with Crippen LogP contribution in [0.5, 0.6) is 0 Å². The van der Waals surface area contributed by atoms with E-state index in [-0.39, 0.29) is 15.9 Å². The second-order valence-corrected chi connectivity index (χ2v) is 5.12. The van der Waals surface area contributed by atoms with E-state index in [1.165, 1.54) is 6.07 Å². The molecule has 0 aliphatic carbocycles. The third-order valence-electron chi connectivity index (χ3n) is 2.61. The van der Waals surface area contributed by atoms with E-state index in [0.717, 1.165) is 0 Å². The highest BCUT2D eigenvalue weighted by Gasteiger charge is 2.03. The van der Waals surface area contributed by atoms with E-state index in [9.17, 15) is 4.39 Å². The van der Waals surface area contributed by atoms with E-state index >= 15 is 0 Å². The van der Waals surface area contributed by atoms with Crippen molar-refractivity contribution in [3.63, 3.8) is 0 Å². The fourth-order valence-corrected chi connectivity index (χ4v) is 1.79. The lowest BCUT2D eigenvalue weighted by Gasteiger charge is -2.13.